The van der Waals surface area contributed by atoms with Gasteiger partial charge < -0.3 is 14.6 Å². The maximum absolute atomic E-state index is 13.2. The molecule has 7 rings (SSSR count). The highest BCUT2D eigenvalue weighted by Crippen LogP contribution is 2.75. The molecule has 0 bridgehead atoms. The molecule has 2 aromatic rings. The van der Waals surface area contributed by atoms with Crippen molar-refractivity contribution in [3.63, 3.8) is 0 Å². The average molecular weight is 667 g/mol. The molecule has 5 heteroatoms. The Morgan fingerprint density at radius 2 is 1.37 bits per heavy atom. The fourth-order valence-electron chi connectivity index (χ4n) is 12.3. The molecule has 0 aliphatic heterocycles. The van der Waals surface area contributed by atoms with E-state index in [4.69, 9.17) is 9.47 Å². The summed E-state index contributed by atoms with van der Waals surface area (Å²) in [4.78, 5) is 26.1. The Balaban J connectivity index is 1.16. The Labute approximate surface area is 294 Å². The quantitative estimate of drug-likeness (QED) is 0.254. The number of allylic oxidation sites excluding steroid dienone is 1. The van der Waals surface area contributed by atoms with Gasteiger partial charge >= 0.3 is 11.9 Å². The van der Waals surface area contributed by atoms with Gasteiger partial charge in [0, 0.05) is 10.8 Å². The molecule has 3 fully saturated rings. The third-order valence-electron chi connectivity index (χ3n) is 15.6. The van der Waals surface area contributed by atoms with E-state index in [9.17, 15) is 14.7 Å². The molecule has 264 valence electrons. The van der Waals surface area contributed by atoms with Crippen molar-refractivity contribution in [3.8, 4) is 0 Å². The normalized spacial score (nSPS) is 41.0. The number of fused-ring (bicyclic) bond motifs is 6. The van der Waals surface area contributed by atoms with Gasteiger partial charge in [0.25, 0.3) is 0 Å². The number of carbonyl (C=O) groups is 2. The molecule has 0 radical (unpaired) electrons. The highest BCUT2D eigenvalue weighted by Gasteiger charge is 2.67. The third kappa shape index (κ3) is 5.35. The second kappa shape index (κ2) is 11.8. The molecule has 0 amide bonds. The third-order valence-corrected chi connectivity index (χ3v) is 15.6. The van der Waals surface area contributed by atoms with Crippen molar-refractivity contribution < 1.29 is 24.2 Å². The van der Waals surface area contributed by atoms with E-state index in [0.717, 1.165) is 57.8 Å². The largest absolute Gasteiger partial charge is 0.462 e. The monoisotopic (exact) mass is 666 g/mol. The first kappa shape index (κ1) is 34.5. The van der Waals surface area contributed by atoms with Gasteiger partial charge in [-0.15, -0.1) is 0 Å². The Kier molecular flexibility index (Phi) is 8.33. The van der Waals surface area contributed by atoms with Crippen LogP contribution in [0.5, 0.6) is 0 Å². The first-order valence-electron chi connectivity index (χ1n) is 19.0. The van der Waals surface area contributed by atoms with Gasteiger partial charge in [-0.25, -0.2) is 9.59 Å². The highest BCUT2D eigenvalue weighted by molar-refractivity contribution is 5.89. The maximum Gasteiger partial charge on any atom is 0.338 e. The van der Waals surface area contributed by atoms with E-state index < -0.39 is 6.10 Å². The van der Waals surface area contributed by atoms with E-state index >= 15 is 0 Å². The fraction of sp³-hybridized carbons (Fsp3) is 0.636. The van der Waals surface area contributed by atoms with Crippen molar-refractivity contribution in [3.05, 3.63) is 82.9 Å². The Morgan fingerprint density at radius 1 is 0.755 bits per heavy atom. The number of hydrogen-bond acceptors (Lipinski definition) is 5. The van der Waals surface area contributed by atoms with Crippen LogP contribution in [0.15, 0.2) is 71.8 Å². The van der Waals surface area contributed by atoms with Crippen molar-refractivity contribution in [1.29, 1.82) is 0 Å². The van der Waals surface area contributed by atoms with Crippen LogP contribution in [-0.2, 0) is 9.47 Å². The number of rotatable bonds is 5. The molecule has 0 aromatic heterocycles. The Morgan fingerprint density at radius 3 is 2.02 bits per heavy atom. The van der Waals surface area contributed by atoms with Gasteiger partial charge in [0.2, 0.25) is 0 Å². The minimum Gasteiger partial charge on any atom is -0.462 e. The second-order valence-electron chi connectivity index (χ2n) is 18.6. The Bertz CT molecular complexity index is 1630. The van der Waals surface area contributed by atoms with Crippen molar-refractivity contribution >= 4 is 11.9 Å². The predicted octanol–water partition coefficient (Wildman–Crippen LogP) is 9.99. The molecule has 0 saturated heterocycles. The maximum atomic E-state index is 13.2. The lowest BCUT2D eigenvalue weighted by atomic mass is 9.35. The number of benzene rings is 2. The number of aliphatic hydroxyl groups is 1. The molecule has 5 aliphatic carbocycles. The van der Waals surface area contributed by atoms with Gasteiger partial charge in [-0.05, 0) is 128 Å². The van der Waals surface area contributed by atoms with Crippen LogP contribution in [-0.4, -0.2) is 35.9 Å². The van der Waals surface area contributed by atoms with Crippen molar-refractivity contribution in [2.75, 3.05) is 6.61 Å². The lowest BCUT2D eigenvalue weighted by molar-refractivity contribution is -0.169. The van der Waals surface area contributed by atoms with Crippen LogP contribution >= 0.6 is 0 Å². The summed E-state index contributed by atoms with van der Waals surface area (Å²) < 4.78 is 12.3. The standard InChI is InChI=1S/C44H58O5/c1-39(2)33-26-32(45)36-31(42(33,5)20-19-35(39)49-38(47)30-16-12-9-13-17-30)18-21-43(6)34-27-40(3,22-23-41(34,4)24-25-44(36,43)7)28-48-37(46)29-14-10-8-11-15-29/h8-17,32-35,45H,18-28H2,1-7H3/t32-,33-,34+,35+,40+,41+,42+,43-,44+/m0/s1. The van der Waals surface area contributed by atoms with E-state index in [1.54, 1.807) is 0 Å². The minimum absolute atomic E-state index is 0.0338. The van der Waals surface area contributed by atoms with Crippen LogP contribution < -0.4 is 0 Å². The number of aliphatic hydroxyl groups excluding tert-OH is 1. The molecule has 3 saturated carbocycles. The van der Waals surface area contributed by atoms with Gasteiger partial charge in [-0.1, -0.05) is 90.4 Å². The molecule has 9 atom stereocenters. The molecule has 1 N–H and O–H groups in total. The molecule has 2 aromatic carbocycles. The van der Waals surface area contributed by atoms with E-state index in [0.29, 0.717) is 30.1 Å². The zero-order valence-corrected chi connectivity index (χ0v) is 30.9. The van der Waals surface area contributed by atoms with Gasteiger partial charge in [0.05, 0.1) is 23.8 Å². The van der Waals surface area contributed by atoms with Crippen LogP contribution in [0.3, 0.4) is 0 Å². The molecule has 5 nitrogen and oxygen atoms in total. The zero-order chi connectivity index (χ0) is 35.0. The summed E-state index contributed by atoms with van der Waals surface area (Å²) in [5, 5.41) is 12.3. The average Bonchev–Trinajstić information content (AvgIpc) is 3.08. The molecular formula is C44H58O5. The molecule has 0 unspecified atom stereocenters. The second-order valence-corrected chi connectivity index (χ2v) is 18.6. The lowest BCUT2D eigenvalue weighted by Gasteiger charge is -2.70. The predicted molar refractivity (Wildman–Crippen MR) is 193 cm³/mol. The highest BCUT2D eigenvalue weighted by atomic mass is 16.5. The SMILES string of the molecule is CC1(C)[C@H](OC(=O)c2ccccc2)CC[C@]2(C)C3=C([C@@H](O)C[C@@H]12)[C@@]1(C)CC[C@@]2(C)CC[C@@](C)(COC(=O)c4ccccc4)C[C@H]2[C@]1(C)CC3. The van der Waals surface area contributed by atoms with Gasteiger partial charge in [0.1, 0.15) is 6.10 Å². The summed E-state index contributed by atoms with van der Waals surface area (Å²) in [6.45, 7) is 17.3. The summed E-state index contributed by atoms with van der Waals surface area (Å²) in [5.41, 5.74) is 3.85. The summed E-state index contributed by atoms with van der Waals surface area (Å²) in [5.74, 6) is 0.210. The van der Waals surface area contributed by atoms with Crippen LogP contribution in [0.1, 0.15) is 133 Å². The molecule has 49 heavy (non-hydrogen) atoms. The van der Waals surface area contributed by atoms with E-state index in [1.807, 2.05) is 60.7 Å². The first-order valence-corrected chi connectivity index (χ1v) is 19.0. The van der Waals surface area contributed by atoms with E-state index in [1.165, 1.54) is 11.1 Å². The number of hydrogen-bond donors (Lipinski definition) is 1. The van der Waals surface area contributed by atoms with Crippen LogP contribution in [0.2, 0.25) is 0 Å². The smallest absolute Gasteiger partial charge is 0.338 e. The number of esters is 2. The molecule has 0 spiro atoms. The lowest BCUT2D eigenvalue weighted by Crippen LogP contribution is -2.63. The Hall–Kier alpha value is -2.92. The van der Waals surface area contributed by atoms with Crippen molar-refractivity contribution in [2.24, 2.45) is 44.3 Å². The van der Waals surface area contributed by atoms with Gasteiger partial charge in [0.15, 0.2) is 0 Å². The van der Waals surface area contributed by atoms with Crippen LogP contribution in [0.4, 0.5) is 0 Å². The summed E-state index contributed by atoms with van der Waals surface area (Å²) in [7, 11) is 0. The van der Waals surface area contributed by atoms with Gasteiger partial charge in [-0.3, -0.25) is 0 Å². The summed E-state index contributed by atoms with van der Waals surface area (Å²) >= 11 is 0. The zero-order valence-electron chi connectivity index (χ0n) is 30.9. The van der Waals surface area contributed by atoms with Crippen LogP contribution in [0, 0.1) is 44.3 Å². The molecule has 0 heterocycles. The number of carbonyl (C=O) groups excluding carboxylic acids is 2. The van der Waals surface area contributed by atoms with Crippen molar-refractivity contribution in [1.82, 2.24) is 0 Å². The molecular weight excluding hydrogens is 608 g/mol. The summed E-state index contributed by atoms with van der Waals surface area (Å²) in [6, 6.07) is 18.7. The van der Waals surface area contributed by atoms with Crippen LogP contribution in [0.25, 0.3) is 0 Å². The first-order chi connectivity index (χ1) is 23.1. The summed E-state index contributed by atoms with van der Waals surface area (Å²) in [6.07, 6.45) is 9.48. The van der Waals surface area contributed by atoms with E-state index in [2.05, 4.69) is 48.5 Å². The van der Waals surface area contributed by atoms with Crippen molar-refractivity contribution in [2.45, 2.75) is 125 Å². The van der Waals surface area contributed by atoms with E-state index in [-0.39, 0.29) is 56.5 Å². The number of ether oxygens (including phenoxy) is 2. The minimum atomic E-state index is -0.494. The van der Waals surface area contributed by atoms with Gasteiger partial charge in [-0.2, -0.15) is 0 Å². The molecule has 5 aliphatic rings. The fourth-order valence-corrected chi connectivity index (χ4v) is 12.3. The topological polar surface area (TPSA) is 72.8 Å².